The SMILES string of the molecule is CCOC(=O)CN(C)Cc1cnc(-c2cc3cccc(N(C(C)C)S(=O)(=O)c4cccs4)c3[nH]2)s1.O=C(O)C(F)(F)F. The highest BCUT2D eigenvalue weighted by Crippen LogP contribution is 2.36. The lowest BCUT2D eigenvalue weighted by Gasteiger charge is -2.28. The van der Waals surface area contributed by atoms with Crippen molar-refractivity contribution in [2.45, 2.75) is 43.7 Å². The van der Waals surface area contributed by atoms with Gasteiger partial charge in [-0.05, 0) is 51.4 Å². The summed E-state index contributed by atoms with van der Waals surface area (Å²) in [5, 5.41) is 10.6. The van der Waals surface area contributed by atoms with Crippen LogP contribution in [0.5, 0.6) is 0 Å². The number of para-hydroxylation sites is 1. The first-order valence-electron chi connectivity index (χ1n) is 12.4. The number of carboxylic acid groups (broad SMARTS) is 1. The van der Waals surface area contributed by atoms with Gasteiger partial charge >= 0.3 is 18.1 Å². The van der Waals surface area contributed by atoms with E-state index in [1.807, 2.05) is 50.1 Å². The lowest BCUT2D eigenvalue weighted by molar-refractivity contribution is -0.192. The Hall–Kier alpha value is -3.47. The van der Waals surface area contributed by atoms with Crippen molar-refractivity contribution in [3.05, 3.63) is 52.9 Å². The first-order valence-corrected chi connectivity index (χ1v) is 15.6. The van der Waals surface area contributed by atoms with Crippen LogP contribution in [0.15, 0.2) is 52.2 Å². The smallest absolute Gasteiger partial charge is 0.475 e. The zero-order valence-electron chi connectivity index (χ0n) is 23.0. The number of aromatic nitrogens is 2. The molecule has 0 atom stereocenters. The number of aliphatic carboxylic acids is 1. The minimum Gasteiger partial charge on any atom is -0.475 e. The number of H-pyrrole nitrogens is 1. The summed E-state index contributed by atoms with van der Waals surface area (Å²) in [6.45, 7) is 6.67. The quantitative estimate of drug-likeness (QED) is 0.213. The summed E-state index contributed by atoms with van der Waals surface area (Å²) in [5.41, 5.74) is 2.16. The van der Waals surface area contributed by atoms with Gasteiger partial charge in [0.2, 0.25) is 0 Å². The number of carbonyl (C=O) groups excluding carboxylic acids is 1. The molecular weight excluding hydrogens is 618 g/mol. The van der Waals surface area contributed by atoms with Gasteiger partial charge in [-0.25, -0.2) is 18.2 Å². The van der Waals surface area contributed by atoms with E-state index >= 15 is 0 Å². The number of nitrogens with one attached hydrogen (secondary N) is 1. The molecule has 228 valence electrons. The van der Waals surface area contributed by atoms with Crippen LogP contribution in [0.3, 0.4) is 0 Å². The van der Waals surface area contributed by atoms with Crippen molar-refractivity contribution in [2.75, 3.05) is 24.5 Å². The molecule has 0 saturated heterocycles. The Labute approximate surface area is 248 Å². The fraction of sp³-hybridized carbons (Fsp3) is 0.346. The van der Waals surface area contributed by atoms with Crippen LogP contribution in [0, 0.1) is 0 Å². The maximum atomic E-state index is 13.5. The number of rotatable bonds is 10. The number of aromatic amines is 1. The molecule has 2 N–H and O–H groups in total. The number of esters is 1. The molecule has 4 aromatic rings. The second-order valence-electron chi connectivity index (χ2n) is 9.16. The molecule has 42 heavy (non-hydrogen) atoms. The van der Waals surface area contributed by atoms with Crippen LogP contribution in [0.25, 0.3) is 21.6 Å². The summed E-state index contributed by atoms with van der Waals surface area (Å²) in [6.07, 6.45) is -3.28. The molecule has 3 heterocycles. The average molecular weight is 647 g/mol. The predicted octanol–water partition coefficient (Wildman–Crippen LogP) is 5.58. The average Bonchev–Trinajstić information content (AvgIpc) is 3.64. The molecule has 0 fully saturated rings. The largest absolute Gasteiger partial charge is 0.490 e. The predicted molar refractivity (Wildman–Crippen MR) is 155 cm³/mol. The van der Waals surface area contributed by atoms with Gasteiger partial charge in [0.1, 0.15) is 9.22 Å². The van der Waals surface area contributed by atoms with Gasteiger partial charge in [0.15, 0.2) is 0 Å². The Morgan fingerprint density at radius 2 is 1.88 bits per heavy atom. The first kappa shape index (κ1) is 33.0. The summed E-state index contributed by atoms with van der Waals surface area (Å²) >= 11 is 2.74. The highest BCUT2D eigenvalue weighted by Gasteiger charge is 2.38. The molecule has 0 unspecified atom stereocenters. The number of anilines is 1. The number of fused-ring (bicyclic) bond motifs is 1. The number of nitrogens with zero attached hydrogens (tertiary/aromatic N) is 3. The number of benzene rings is 1. The Morgan fingerprint density at radius 3 is 2.45 bits per heavy atom. The third kappa shape index (κ3) is 8.08. The Balaban J connectivity index is 0.000000616. The van der Waals surface area contributed by atoms with E-state index in [1.165, 1.54) is 27.0 Å². The maximum absolute atomic E-state index is 13.5. The first-order chi connectivity index (χ1) is 19.6. The molecule has 0 radical (unpaired) electrons. The van der Waals surface area contributed by atoms with E-state index in [4.69, 9.17) is 14.6 Å². The van der Waals surface area contributed by atoms with E-state index < -0.39 is 22.2 Å². The Bertz CT molecular complexity index is 1620. The number of hydrogen-bond acceptors (Lipinski definition) is 9. The number of sulfonamides is 1. The van der Waals surface area contributed by atoms with E-state index in [-0.39, 0.29) is 18.6 Å². The lowest BCUT2D eigenvalue weighted by atomic mass is 10.2. The van der Waals surface area contributed by atoms with Gasteiger partial charge < -0.3 is 14.8 Å². The third-order valence-electron chi connectivity index (χ3n) is 5.51. The highest BCUT2D eigenvalue weighted by atomic mass is 32.2. The van der Waals surface area contributed by atoms with Crippen molar-refractivity contribution >= 4 is 61.2 Å². The monoisotopic (exact) mass is 646 g/mol. The number of thiazole rings is 1. The van der Waals surface area contributed by atoms with E-state index in [9.17, 15) is 26.4 Å². The molecule has 0 saturated carbocycles. The lowest BCUT2D eigenvalue weighted by Crippen LogP contribution is -2.36. The van der Waals surface area contributed by atoms with Crippen LogP contribution in [-0.2, 0) is 30.9 Å². The number of likely N-dealkylation sites (N-methyl/N-ethyl adjacent to an activating group) is 1. The fourth-order valence-electron chi connectivity index (χ4n) is 3.89. The second-order valence-corrected chi connectivity index (χ2v) is 13.3. The van der Waals surface area contributed by atoms with Crippen LogP contribution in [0.2, 0.25) is 0 Å². The number of thiophene rings is 1. The van der Waals surface area contributed by atoms with E-state index in [2.05, 4.69) is 9.97 Å². The molecule has 10 nitrogen and oxygen atoms in total. The van der Waals surface area contributed by atoms with Crippen LogP contribution in [-0.4, -0.2) is 72.7 Å². The maximum Gasteiger partial charge on any atom is 0.490 e. The second kappa shape index (κ2) is 13.7. The van der Waals surface area contributed by atoms with Crippen LogP contribution in [0.4, 0.5) is 18.9 Å². The molecule has 1 aromatic carbocycles. The highest BCUT2D eigenvalue weighted by molar-refractivity contribution is 7.94. The number of carboxylic acids is 1. The molecule has 0 spiro atoms. The van der Waals surface area contributed by atoms with Crippen molar-refractivity contribution in [1.29, 1.82) is 0 Å². The van der Waals surface area contributed by atoms with Crippen LogP contribution in [0.1, 0.15) is 25.6 Å². The normalized spacial score (nSPS) is 11.9. The summed E-state index contributed by atoms with van der Waals surface area (Å²) in [4.78, 5) is 31.5. The summed E-state index contributed by atoms with van der Waals surface area (Å²) < 4.78 is 65.4. The molecule has 4 rings (SSSR count). The zero-order valence-corrected chi connectivity index (χ0v) is 25.5. The number of ether oxygens (including phenoxy) is 1. The summed E-state index contributed by atoms with van der Waals surface area (Å²) in [6, 6.07) is 10.7. The summed E-state index contributed by atoms with van der Waals surface area (Å²) in [5.74, 6) is -3.01. The van der Waals surface area contributed by atoms with E-state index in [0.29, 0.717) is 23.0 Å². The minimum absolute atomic E-state index is 0.209. The standard InChI is InChI=1S/C24H28N4O4S3.C2HF3O2/c1-5-32-21(29)15-27(4)14-18-13-25-24(34-18)19-12-17-8-6-9-20(23(17)26-19)28(16(2)3)35(30,31)22-10-7-11-33-22;3-2(4,5)1(6)7/h6-13,16,26H,5,14-15H2,1-4H3;(H,6,7). The van der Waals surface area contributed by atoms with E-state index in [1.54, 1.807) is 30.6 Å². The van der Waals surface area contributed by atoms with Crippen molar-refractivity contribution in [3.8, 4) is 10.7 Å². The van der Waals surface area contributed by atoms with Crippen molar-refractivity contribution in [3.63, 3.8) is 0 Å². The Kier molecular flexibility index (Phi) is 10.8. The fourth-order valence-corrected chi connectivity index (χ4v) is 7.60. The van der Waals surface area contributed by atoms with Gasteiger partial charge in [-0.3, -0.25) is 14.0 Å². The molecule has 0 aliphatic rings. The van der Waals surface area contributed by atoms with Crippen LogP contribution < -0.4 is 4.31 Å². The van der Waals surface area contributed by atoms with Crippen LogP contribution >= 0.6 is 22.7 Å². The van der Waals surface area contributed by atoms with Gasteiger partial charge in [-0.1, -0.05) is 18.2 Å². The molecule has 0 amide bonds. The Morgan fingerprint density at radius 1 is 1.19 bits per heavy atom. The van der Waals surface area contributed by atoms with E-state index in [0.717, 1.165) is 26.5 Å². The molecule has 0 aliphatic carbocycles. The summed E-state index contributed by atoms with van der Waals surface area (Å²) in [7, 11) is -1.84. The van der Waals surface area contributed by atoms with Crippen molar-refractivity contribution < 1.29 is 41.0 Å². The van der Waals surface area contributed by atoms with Crippen molar-refractivity contribution in [1.82, 2.24) is 14.9 Å². The minimum atomic E-state index is -5.08. The van der Waals surface area contributed by atoms with Crippen molar-refractivity contribution in [2.24, 2.45) is 0 Å². The molecule has 3 aromatic heterocycles. The number of hydrogen-bond donors (Lipinski definition) is 2. The topological polar surface area (TPSA) is 133 Å². The van der Waals surface area contributed by atoms with Gasteiger partial charge in [0.25, 0.3) is 10.0 Å². The third-order valence-corrected chi connectivity index (χ3v) is 9.88. The number of alkyl halides is 3. The van der Waals surface area contributed by atoms with Gasteiger partial charge in [-0.2, -0.15) is 13.2 Å². The molecule has 16 heteroatoms. The molecule has 0 bridgehead atoms. The van der Waals surface area contributed by atoms with Gasteiger partial charge in [-0.15, -0.1) is 22.7 Å². The van der Waals surface area contributed by atoms with Gasteiger partial charge in [0.05, 0.1) is 30.0 Å². The number of carbonyl (C=O) groups is 2. The molecular formula is C26H29F3N4O6S3. The number of halogens is 3. The molecule has 0 aliphatic heterocycles. The van der Waals surface area contributed by atoms with Gasteiger partial charge in [0, 0.05) is 29.0 Å². The zero-order chi connectivity index (χ0) is 31.2.